The van der Waals surface area contributed by atoms with Gasteiger partial charge in [-0.2, -0.15) is 0 Å². The van der Waals surface area contributed by atoms with Gasteiger partial charge in [-0.1, -0.05) is 0 Å². The predicted molar refractivity (Wildman–Crippen MR) is 67.4 cm³/mol. The molecule has 0 bridgehead atoms. The van der Waals surface area contributed by atoms with Gasteiger partial charge >= 0.3 is 0 Å². The van der Waals surface area contributed by atoms with Gasteiger partial charge in [-0.3, -0.25) is 4.79 Å². The van der Waals surface area contributed by atoms with Crippen molar-refractivity contribution >= 4 is 5.91 Å². The molecule has 0 aromatic carbocycles. The average Bonchev–Trinajstić information content (AvgIpc) is 2.37. The first-order chi connectivity index (χ1) is 8.55. The molecule has 0 radical (unpaired) electrons. The number of carbonyl (C=O) groups is 1. The molecule has 18 heavy (non-hydrogen) atoms. The maximum atomic E-state index is 11.8. The summed E-state index contributed by atoms with van der Waals surface area (Å²) in [6.07, 6.45) is 0.544. The number of nitrogens with one attached hydrogen (secondary N) is 1. The number of ether oxygens (including phenoxy) is 2. The summed E-state index contributed by atoms with van der Waals surface area (Å²) in [5, 5.41) is 13.0. The van der Waals surface area contributed by atoms with Crippen LogP contribution >= 0.6 is 0 Å². The number of morpholine rings is 1. The summed E-state index contributed by atoms with van der Waals surface area (Å²) in [7, 11) is 1.60. The minimum absolute atomic E-state index is 0.0563. The lowest BCUT2D eigenvalue weighted by atomic mass is 10.0. The van der Waals surface area contributed by atoms with Gasteiger partial charge in [0.15, 0.2) is 0 Å². The molecule has 6 heteroatoms. The molecule has 1 atom stereocenters. The van der Waals surface area contributed by atoms with Crippen molar-refractivity contribution in [1.82, 2.24) is 10.2 Å². The van der Waals surface area contributed by atoms with E-state index in [-0.39, 0.29) is 12.5 Å². The molecular weight excluding hydrogens is 236 g/mol. The van der Waals surface area contributed by atoms with E-state index >= 15 is 0 Å². The number of amides is 1. The Hall–Kier alpha value is -0.690. The number of methoxy groups -OCH3 is 1. The van der Waals surface area contributed by atoms with Crippen LogP contribution in [0.25, 0.3) is 0 Å². The van der Waals surface area contributed by atoms with Crippen molar-refractivity contribution in [3.63, 3.8) is 0 Å². The summed E-state index contributed by atoms with van der Waals surface area (Å²) in [6, 6.07) is 0. The molecule has 1 heterocycles. The number of carbonyl (C=O) groups excluding carboxylic acids is 1. The standard InChI is InChI=1S/C12H24N2O4/c1-12(16,3-6-17-2)10-13-9-11(15)14-4-7-18-8-5-14/h13,16H,3-10H2,1-2H3. The Morgan fingerprint density at radius 3 is 2.78 bits per heavy atom. The van der Waals surface area contributed by atoms with E-state index in [1.54, 1.807) is 18.9 Å². The van der Waals surface area contributed by atoms with Gasteiger partial charge in [0, 0.05) is 39.8 Å². The van der Waals surface area contributed by atoms with Crippen LogP contribution in [0, 0.1) is 0 Å². The maximum Gasteiger partial charge on any atom is 0.236 e. The second-order valence-corrected chi connectivity index (χ2v) is 4.84. The largest absolute Gasteiger partial charge is 0.389 e. The van der Waals surface area contributed by atoms with Gasteiger partial charge in [0.2, 0.25) is 5.91 Å². The monoisotopic (exact) mass is 260 g/mol. The van der Waals surface area contributed by atoms with Gasteiger partial charge in [-0.15, -0.1) is 0 Å². The van der Waals surface area contributed by atoms with Crippen LogP contribution in [0.4, 0.5) is 0 Å². The van der Waals surface area contributed by atoms with Gasteiger partial charge in [0.1, 0.15) is 0 Å². The molecule has 0 spiro atoms. The van der Waals surface area contributed by atoms with Crippen molar-refractivity contribution in [2.45, 2.75) is 18.9 Å². The number of rotatable bonds is 7. The summed E-state index contributed by atoms with van der Waals surface area (Å²) in [5.74, 6) is 0.0563. The fraction of sp³-hybridized carbons (Fsp3) is 0.917. The highest BCUT2D eigenvalue weighted by molar-refractivity contribution is 5.78. The van der Waals surface area contributed by atoms with Gasteiger partial charge in [0.25, 0.3) is 0 Å². The smallest absolute Gasteiger partial charge is 0.236 e. The third-order valence-electron chi connectivity index (χ3n) is 2.99. The van der Waals surface area contributed by atoms with E-state index in [0.29, 0.717) is 45.9 Å². The Kier molecular flexibility index (Phi) is 6.56. The van der Waals surface area contributed by atoms with Gasteiger partial charge in [-0.05, 0) is 6.92 Å². The van der Waals surface area contributed by atoms with Crippen molar-refractivity contribution in [3.8, 4) is 0 Å². The molecule has 0 aliphatic carbocycles. The third-order valence-corrected chi connectivity index (χ3v) is 2.99. The van der Waals surface area contributed by atoms with Crippen LogP contribution in [0.2, 0.25) is 0 Å². The zero-order valence-corrected chi connectivity index (χ0v) is 11.3. The summed E-state index contributed by atoms with van der Waals surface area (Å²) in [4.78, 5) is 13.6. The van der Waals surface area contributed by atoms with Crippen molar-refractivity contribution < 1.29 is 19.4 Å². The number of hydrogen-bond donors (Lipinski definition) is 2. The molecule has 6 nitrogen and oxygen atoms in total. The Bertz CT molecular complexity index is 252. The fourth-order valence-electron chi connectivity index (χ4n) is 1.77. The second kappa shape index (κ2) is 7.68. The molecule has 1 amide bonds. The highest BCUT2D eigenvalue weighted by Gasteiger charge is 2.21. The van der Waals surface area contributed by atoms with Crippen LogP contribution in [0.5, 0.6) is 0 Å². The fourth-order valence-corrected chi connectivity index (χ4v) is 1.77. The lowest BCUT2D eigenvalue weighted by molar-refractivity contribution is -0.134. The van der Waals surface area contributed by atoms with E-state index in [1.165, 1.54) is 0 Å². The minimum Gasteiger partial charge on any atom is -0.389 e. The maximum absolute atomic E-state index is 11.8. The summed E-state index contributed by atoms with van der Waals surface area (Å²) in [6.45, 7) is 5.40. The lowest BCUT2D eigenvalue weighted by Crippen LogP contribution is -2.47. The summed E-state index contributed by atoms with van der Waals surface area (Å²) in [5.41, 5.74) is -0.846. The Labute approximate surface area is 108 Å². The first-order valence-corrected chi connectivity index (χ1v) is 6.33. The topological polar surface area (TPSA) is 71.0 Å². The van der Waals surface area contributed by atoms with E-state index in [0.717, 1.165) is 0 Å². The molecule has 2 N–H and O–H groups in total. The summed E-state index contributed by atoms with van der Waals surface area (Å²) >= 11 is 0. The van der Waals surface area contributed by atoms with Crippen LogP contribution in [-0.4, -0.2) is 74.6 Å². The lowest BCUT2D eigenvalue weighted by Gasteiger charge is -2.28. The predicted octanol–water partition coefficient (Wildman–Crippen LogP) is -0.778. The van der Waals surface area contributed by atoms with Crippen molar-refractivity contribution in [1.29, 1.82) is 0 Å². The van der Waals surface area contributed by atoms with E-state index in [2.05, 4.69) is 5.32 Å². The van der Waals surface area contributed by atoms with Crippen LogP contribution in [0.1, 0.15) is 13.3 Å². The average molecular weight is 260 g/mol. The molecule has 1 rings (SSSR count). The van der Waals surface area contributed by atoms with Crippen LogP contribution in [0.3, 0.4) is 0 Å². The Morgan fingerprint density at radius 1 is 1.50 bits per heavy atom. The zero-order chi connectivity index (χ0) is 13.4. The van der Waals surface area contributed by atoms with Crippen molar-refractivity contribution in [2.24, 2.45) is 0 Å². The van der Waals surface area contributed by atoms with Crippen molar-refractivity contribution in [2.75, 3.05) is 53.1 Å². The molecular formula is C12H24N2O4. The number of hydrogen-bond acceptors (Lipinski definition) is 5. The second-order valence-electron chi connectivity index (χ2n) is 4.84. The molecule has 1 saturated heterocycles. The molecule has 0 aromatic rings. The first kappa shape index (κ1) is 15.4. The van der Waals surface area contributed by atoms with Gasteiger partial charge in [0.05, 0.1) is 25.4 Å². The Balaban J connectivity index is 2.17. The highest BCUT2D eigenvalue weighted by atomic mass is 16.5. The Morgan fingerprint density at radius 2 is 2.17 bits per heavy atom. The van der Waals surface area contributed by atoms with E-state index in [1.807, 2.05) is 0 Å². The van der Waals surface area contributed by atoms with E-state index in [9.17, 15) is 9.90 Å². The van der Waals surface area contributed by atoms with E-state index in [4.69, 9.17) is 9.47 Å². The van der Waals surface area contributed by atoms with Gasteiger partial charge in [-0.25, -0.2) is 0 Å². The quantitative estimate of drug-likeness (QED) is 0.628. The van der Waals surface area contributed by atoms with Gasteiger partial charge < -0.3 is 24.8 Å². The molecule has 1 aliphatic rings. The molecule has 0 aromatic heterocycles. The molecule has 106 valence electrons. The normalized spacial score (nSPS) is 19.6. The first-order valence-electron chi connectivity index (χ1n) is 6.33. The number of aliphatic hydroxyl groups is 1. The molecule has 0 saturated carbocycles. The minimum atomic E-state index is -0.846. The molecule has 1 aliphatic heterocycles. The number of nitrogens with zero attached hydrogens (tertiary/aromatic N) is 1. The van der Waals surface area contributed by atoms with E-state index < -0.39 is 5.60 Å². The molecule has 1 fully saturated rings. The van der Waals surface area contributed by atoms with Crippen LogP contribution in [0.15, 0.2) is 0 Å². The third kappa shape index (κ3) is 5.77. The SMILES string of the molecule is COCCC(C)(O)CNCC(=O)N1CCOCC1. The van der Waals surface area contributed by atoms with Crippen LogP contribution in [-0.2, 0) is 14.3 Å². The molecule has 1 unspecified atom stereocenters. The van der Waals surface area contributed by atoms with Crippen molar-refractivity contribution in [3.05, 3.63) is 0 Å². The summed E-state index contributed by atoms with van der Waals surface area (Å²) < 4.78 is 10.1. The van der Waals surface area contributed by atoms with Crippen LogP contribution < -0.4 is 5.32 Å². The zero-order valence-electron chi connectivity index (χ0n) is 11.3. The highest BCUT2D eigenvalue weighted by Crippen LogP contribution is 2.07.